The molecular formula is C19H18ClN3O. The fourth-order valence-corrected chi connectivity index (χ4v) is 3.75. The number of halogens is 1. The van der Waals surface area contributed by atoms with E-state index in [1.165, 1.54) is 5.56 Å². The van der Waals surface area contributed by atoms with Crippen molar-refractivity contribution in [1.82, 2.24) is 4.98 Å². The third-order valence-electron chi connectivity index (χ3n) is 4.69. The highest BCUT2D eigenvalue weighted by Crippen LogP contribution is 2.39. The number of hydrogen-bond donors (Lipinski definition) is 3. The molecule has 1 amide bonds. The molecule has 0 spiro atoms. The van der Waals surface area contributed by atoms with Gasteiger partial charge in [-0.3, -0.25) is 4.79 Å². The number of nitrogens with one attached hydrogen (secondary N) is 2. The van der Waals surface area contributed by atoms with Crippen LogP contribution in [0.5, 0.6) is 0 Å². The van der Waals surface area contributed by atoms with E-state index in [9.17, 15) is 4.79 Å². The molecule has 122 valence electrons. The Morgan fingerprint density at radius 2 is 2.04 bits per heavy atom. The Balaban J connectivity index is 1.80. The van der Waals surface area contributed by atoms with E-state index in [4.69, 9.17) is 17.3 Å². The first-order valence-electron chi connectivity index (χ1n) is 8.09. The van der Waals surface area contributed by atoms with E-state index >= 15 is 0 Å². The van der Waals surface area contributed by atoms with Crippen LogP contribution in [0.1, 0.15) is 30.0 Å². The Bertz CT molecular complexity index is 917. The molecule has 1 heterocycles. The third kappa shape index (κ3) is 2.53. The molecule has 2 aromatic carbocycles. The van der Waals surface area contributed by atoms with Crippen molar-refractivity contribution in [2.75, 3.05) is 5.32 Å². The Morgan fingerprint density at radius 1 is 1.25 bits per heavy atom. The van der Waals surface area contributed by atoms with E-state index in [1.807, 2.05) is 42.5 Å². The smallest absolute Gasteiger partial charge is 0.226 e. The van der Waals surface area contributed by atoms with E-state index in [1.54, 1.807) is 0 Å². The van der Waals surface area contributed by atoms with Crippen LogP contribution in [-0.2, 0) is 11.2 Å². The number of amides is 1. The second-order valence-electron chi connectivity index (χ2n) is 6.23. The molecule has 0 aliphatic heterocycles. The first-order valence-corrected chi connectivity index (χ1v) is 8.46. The van der Waals surface area contributed by atoms with Crippen LogP contribution in [0, 0.1) is 0 Å². The van der Waals surface area contributed by atoms with Crippen molar-refractivity contribution in [3.05, 3.63) is 58.7 Å². The molecule has 0 saturated carbocycles. The van der Waals surface area contributed by atoms with Crippen LogP contribution in [0.25, 0.3) is 10.9 Å². The molecule has 4 nitrogen and oxygen atoms in total. The third-order valence-corrected chi connectivity index (χ3v) is 5.00. The van der Waals surface area contributed by atoms with E-state index in [-0.39, 0.29) is 11.8 Å². The van der Waals surface area contributed by atoms with Crippen molar-refractivity contribution >= 4 is 39.8 Å². The predicted molar refractivity (Wildman–Crippen MR) is 97.9 cm³/mol. The number of H-pyrrole nitrogens is 1. The molecule has 0 saturated heterocycles. The number of fused-ring (bicyclic) bond motifs is 3. The van der Waals surface area contributed by atoms with Gasteiger partial charge >= 0.3 is 0 Å². The number of aryl methyl sites for hydroxylation is 1. The Kier molecular flexibility index (Phi) is 3.69. The van der Waals surface area contributed by atoms with Gasteiger partial charge in [0.1, 0.15) is 0 Å². The lowest BCUT2D eigenvalue weighted by Gasteiger charge is -2.19. The minimum absolute atomic E-state index is 0.231. The number of carbonyl (C=O) groups excluding carboxylic acids is 1. The summed E-state index contributed by atoms with van der Waals surface area (Å²) >= 11 is 6.48. The highest BCUT2D eigenvalue weighted by atomic mass is 35.5. The first-order chi connectivity index (χ1) is 11.6. The minimum Gasteiger partial charge on any atom is -0.369 e. The average molecular weight is 340 g/mol. The minimum atomic E-state index is -0.267. The summed E-state index contributed by atoms with van der Waals surface area (Å²) in [4.78, 5) is 15.1. The number of hydrogen-bond acceptors (Lipinski definition) is 2. The normalized spacial score (nSPS) is 16.8. The molecule has 1 aliphatic carbocycles. The van der Waals surface area contributed by atoms with Crippen LogP contribution in [-0.4, -0.2) is 10.9 Å². The summed E-state index contributed by atoms with van der Waals surface area (Å²) in [6.07, 6.45) is 2.72. The van der Waals surface area contributed by atoms with Gasteiger partial charge in [0.2, 0.25) is 5.91 Å². The summed E-state index contributed by atoms with van der Waals surface area (Å²) in [5, 5.41) is 5.08. The lowest BCUT2D eigenvalue weighted by molar-refractivity contribution is -0.119. The van der Waals surface area contributed by atoms with Crippen molar-refractivity contribution in [3.63, 3.8) is 0 Å². The van der Waals surface area contributed by atoms with Gasteiger partial charge in [-0.1, -0.05) is 29.8 Å². The topological polar surface area (TPSA) is 70.9 Å². The molecule has 1 unspecified atom stereocenters. The van der Waals surface area contributed by atoms with Gasteiger partial charge in [0, 0.05) is 22.3 Å². The standard InChI is InChI=1S/C19H18ClN3O/c20-15-9-14-12-7-4-8-13(19(21)24)18(12)23-16(14)10-17(15)22-11-5-2-1-3-6-11/h1-3,5-6,9-10,13,22-23H,4,7-8H2,(H2,21,24). The zero-order valence-corrected chi connectivity index (χ0v) is 13.9. The summed E-state index contributed by atoms with van der Waals surface area (Å²) < 4.78 is 0. The van der Waals surface area contributed by atoms with E-state index < -0.39 is 0 Å². The maximum absolute atomic E-state index is 11.7. The fraction of sp³-hybridized carbons (Fsp3) is 0.211. The molecule has 3 aromatic rings. The SMILES string of the molecule is NC(=O)C1CCCc2c1[nH]c1cc(Nc3ccccc3)c(Cl)cc21. The number of benzene rings is 2. The number of para-hydroxylation sites is 1. The average Bonchev–Trinajstić information content (AvgIpc) is 2.93. The van der Waals surface area contributed by atoms with Crippen molar-refractivity contribution in [2.24, 2.45) is 5.73 Å². The summed E-state index contributed by atoms with van der Waals surface area (Å²) in [6, 6.07) is 13.9. The van der Waals surface area contributed by atoms with Gasteiger partial charge in [-0.15, -0.1) is 0 Å². The Morgan fingerprint density at radius 3 is 2.79 bits per heavy atom. The first kappa shape index (κ1) is 15.1. The largest absolute Gasteiger partial charge is 0.369 e. The van der Waals surface area contributed by atoms with E-state index in [0.717, 1.165) is 47.2 Å². The lowest BCUT2D eigenvalue weighted by atomic mass is 9.86. The molecular weight excluding hydrogens is 322 g/mol. The second-order valence-corrected chi connectivity index (χ2v) is 6.64. The van der Waals surface area contributed by atoms with E-state index in [2.05, 4.69) is 10.3 Å². The number of nitrogens with two attached hydrogens (primary N) is 1. The maximum atomic E-state index is 11.7. The van der Waals surface area contributed by atoms with Crippen molar-refractivity contribution in [1.29, 1.82) is 0 Å². The van der Waals surface area contributed by atoms with Crippen molar-refractivity contribution < 1.29 is 4.79 Å². The molecule has 1 aliphatic rings. The summed E-state index contributed by atoms with van der Waals surface area (Å²) in [5.74, 6) is -0.498. The van der Waals surface area contributed by atoms with Crippen LogP contribution in [0.3, 0.4) is 0 Å². The zero-order valence-electron chi connectivity index (χ0n) is 13.1. The highest BCUT2D eigenvalue weighted by Gasteiger charge is 2.28. The number of anilines is 2. The van der Waals surface area contributed by atoms with E-state index in [0.29, 0.717) is 5.02 Å². The zero-order chi connectivity index (χ0) is 16.7. The number of primary amides is 1. The number of aromatic nitrogens is 1. The predicted octanol–water partition coefficient (Wildman–Crippen LogP) is 4.47. The molecule has 24 heavy (non-hydrogen) atoms. The van der Waals surface area contributed by atoms with Crippen LogP contribution in [0.15, 0.2) is 42.5 Å². The van der Waals surface area contributed by atoms with Crippen LogP contribution >= 0.6 is 11.6 Å². The molecule has 0 radical (unpaired) electrons. The molecule has 4 N–H and O–H groups in total. The Labute approximate surface area is 145 Å². The maximum Gasteiger partial charge on any atom is 0.226 e. The molecule has 1 atom stereocenters. The van der Waals surface area contributed by atoms with Gasteiger partial charge in [0.15, 0.2) is 0 Å². The van der Waals surface area contributed by atoms with Crippen molar-refractivity contribution in [3.8, 4) is 0 Å². The molecule has 4 rings (SSSR count). The Hall–Kier alpha value is -2.46. The lowest BCUT2D eigenvalue weighted by Crippen LogP contribution is -2.24. The molecule has 0 bridgehead atoms. The van der Waals surface area contributed by atoms with Gasteiger partial charge in [0.05, 0.1) is 16.6 Å². The molecule has 5 heteroatoms. The summed E-state index contributed by atoms with van der Waals surface area (Å²) in [6.45, 7) is 0. The molecule has 0 fully saturated rings. The second kappa shape index (κ2) is 5.87. The van der Waals surface area contributed by atoms with Gasteiger partial charge < -0.3 is 16.0 Å². The van der Waals surface area contributed by atoms with Gasteiger partial charge in [0.25, 0.3) is 0 Å². The number of rotatable bonds is 3. The van der Waals surface area contributed by atoms with Crippen molar-refractivity contribution in [2.45, 2.75) is 25.2 Å². The highest BCUT2D eigenvalue weighted by molar-refractivity contribution is 6.34. The van der Waals surface area contributed by atoms with Gasteiger partial charge in [-0.25, -0.2) is 0 Å². The quantitative estimate of drug-likeness (QED) is 0.658. The number of aromatic amines is 1. The number of carbonyl (C=O) groups is 1. The monoisotopic (exact) mass is 339 g/mol. The van der Waals surface area contributed by atoms with Crippen LogP contribution < -0.4 is 11.1 Å². The fourth-order valence-electron chi connectivity index (χ4n) is 3.54. The van der Waals surface area contributed by atoms with Gasteiger partial charge in [-0.2, -0.15) is 0 Å². The van der Waals surface area contributed by atoms with Crippen LogP contribution in [0.2, 0.25) is 5.02 Å². The molecule has 1 aromatic heterocycles. The van der Waals surface area contributed by atoms with Crippen LogP contribution in [0.4, 0.5) is 11.4 Å². The van der Waals surface area contributed by atoms with Gasteiger partial charge in [-0.05, 0) is 49.1 Å². The summed E-state index contributed by atoms with van der Waals surface area (Å²) in [5.41, 5.74) is 10.5. The summed E-state index contributed by atoms with van der Waals surface area (Å²) in [7, 11) is 0.